The maximum atomic E-state index is 12.9. The van der Waals surface area contributed by atoms with Crippen LogP contribution in [0.1, 0.15) is 42.5 Å². The lowest BCUT2D eigenvalue weighted by Gasteiger charge is -2.34. The van der Waals surface area contributed by atoms with Gasteiger partial charge in [0.2, 0.25) is 0 Å². The molecule has 0 radical (unpaired) electrons. The molecule has 3 heterocycles. The van der Waals surface area contributed by atoms with E-state index in [9.17, 15) is 4.79 Å². The molecular formula is C18H28Cl2N4O2S. The number of halogens is 2. The minimum atomic E-state index is 0. The first-order valence-corrected chi connectivity index (χ1v) is 9.88. The van der Waals surface area contributed by atoms with Gasteiger partial charge in [0.25, 0.3) is 5.91 Å². The fourth-order valence-electron chi connectivity index (χ4n) is 3.15. The molecule has 3 rings (SSSR count). The number of aryl methyl sites for hydroxylation is 1. The lowest BCUT2D eigenvalue weighted by atomic mass is 10.0. The van der Waals surface area contributed by atoms with Crippen LogP contribution in [-0.2, 0) is 12.8 Å². The number of aromatic nitrogens is 2. The van der Waals surface area contributed by atoms with Crippen molar-refractivity contribution in [3.63, 3.8) is 0 Å². The van der Waals surface area contributed by atoms with Crippen molar-refractivity contribution in [2.24, 2.45) is 7.05 Å². The summed E-state index contributed by atoms with van der Waals surface area (Å²) in [4.78, 5) is 19.2. The summed E-state index contributed by atoms with van der Waals surface area (Å²) in [5.41, 5.74) is 0. The van der Waals surface area contributed by atoms with Crippen LogP contribution in [0.25, 0.3) is 0 Å². The van der Waals surface area contributed by atoms with E-state index in [2.05, 4.69) is 17.2 Å². The van der Waals surface area contributed by atoms with E-state index in [1.165, 1.54) is 0 Å². The number of piperidine rings is 1. The second-order valence-electron chi connectivity index (χ2n) is 6.36. The van der Waals surface area contributed by atoms with Gasteiger partial charge in [-0.15, -0.1) is 24.8 Å². The normalized spacial score (nSPS) is 14.3. The predicted molar refractivity (Wildman–Crippen MR) is 113 cm³/mol. The number of amides is 1. The monoisotopic (exact) mass is 434 g/mol. The summed E-state index contributed by atoms with van der Waals surface area (Å²) in [7, 11) is 1.97. The van der Waals surface area contributed by atoms with Crippen molar-refractivity contribution in [3.8, 4) is 0 Å². The van der Waals surface area contributed by atoms with Crippen molar-refractivity contribution < 1.29 is 9.21 Å². The van der Waals surface area contributed by atoms with E-state index in [-0.39, 0.29) is 30.7 Å². The third-order valence-corrected chi connectivity index (χ3v) is 5.55. The standard InChI is InChI=1S/C18H26N4O2S.2ClH/c1-3-11-22(14-6-8-19-9-7-14)17(23)16-5-4-15(24-16)13-25-18-20-10-12-21(18)2;;/h4-5,10,12,14,19H,3,6-9,11,13H2,1-2H3;2*1H. The van der Waals surface area contributed by atoms with Gasteiger partial charge in [0.1, 0.15) is 5.76 Å². The zero-order valence-electron chi connectivity index (χ0n) is 15.7. The highest BCUT2D eigenvalue weighted by atomic mass is 35.5. The third kappa shape index (κ3) is 6.17. The Morgan fingerprint density at radius 3 is 2.74 bits per heavy atom. The van der Waals surface area contributed by atoms with Crippen molar-refractivity contribution in [2.45, 2.75) is 43.1 Å². The zero-order valence-corrected chi connectivity index (χ0v) is 18.2. The van der Waals surface area contributed by atoms with Crippen LogP contribution in [0, 0.1) is 0 Å². The van der Waals surface area contributed by atoms with Gasteiger partial charge in [0.15, 0.2) is 10.9 Å². The molecule has 1 N–H and O–H groups in total. The number of nitrogens with one attached hydrogen (secondary N) is 1. The van der Waals surface area contributed by atoms with E-state index in [1.54, 1.807) is 24.0 Å². The molecule has 0 aromatic carbocycles. The predicted octanol–water partition coefficient (Wildman–Crippen LogP) is 3.75. The molecule has 1 amide bonds. The molecule has 152 valence electrons. The van der Waals surface area contributed by atoms with Gasteiger partial charge >= 0.3 is 0 Å². The van der Waals surface area contributed by atoms with Crippen molar-refractivity contribution in [1.82, 2.24) is 19.8 Å². The smallest absolute Gasteiger partial charge is 0.289 e. The van der Waals surface area contributed by atoms with E-state index in [1.807, 2.05) is 28.8 Å². The first kappa shape index (κ1) is 23.9. The molecule has 0 unspecified atom stereocenters. The van der Waals surface area contributed by atoms with Gasteiger partial charge in [-0.25, -0.2) is 4.98 Å². The molecule has 0 aliphatic carbocycles. The second kappa shape index (κ2) is 11.6. The Labute approximate surface area is 177 Å². The molecule has 0 bridgehead atoms. The Bertz CT molecular complexity index is 701. The highest BCUT2D eigenvalue weighted by Crippen LogP contribution is 2.23. The van der Waals surface area contributed by atoms with Crippen LogP contribution in [0.5, 0.6) is 0 Å². The number of nitrogens with zero attached hydrogens (tertiary/aromatic N) is 3. The topological polar surface area (TPSA) is 63.3 Å². The first-order chi connectivity index (χ1) is 12.2. The van der Waals surface area contributed by atoms with Gasteiger partial charge in [0, 0.05) is 32.0 Å². The molecule has 1 fully saturated rings. The van der Waals surface area contributed by atoms with Crippen LogP contribution < -0.4 is 5.32 Å². The van der Waals surface area contributed by atoms with Crippen molar-refractivity contribution in [3.05, 3.63) is 36.0 Å². The number of hydrogen-bond acceptors (Lipinski definition) is 5. The molecule has 27 heavy (non-hydrogen) atoms. The van der Waals surface area contributed by atoms with Gasteiger partial charge < -0.3 is 19.2 Å². The number of furan rings is 1. The molecule has 0 saturated carbocycles. The summed E-state index contributed by atoms with van der Waals surface area (Å²) >= 11 is 1.60. The van der Waals surface area contributed by atoms with Crippen LogP contribution in [0.15, 0.2) is 34.1 Å². The fraction of sp³-hybridized carbons (Fsp3) is 0.556. The highest BCUT2D eigenvalue weighted by Gasteiger charge is 2.27. The quantitative estimate of drug-likeness (QED) is 0.672. The van der Waals surface area contributed by atoms with Gasteiger partial charge in [-0.2, -0.15) is 0 Å². The summed E-state index contributed by atoms with van der Waals surface area (Å²) in [5.74, 6) is 1.93. The van der Waals surface area contributed by atoms with E-state index in [0.29, 0.717) is 17.6 Å². The molecule has 1 aliphatic rings. The Morgan fingerprint density at radius 1 is 1.37 bits per heavy atom. The van der Waals surface area contributed by atoms with Gasteiger partial charge in [0.05, 0.1) is 5.75 Å². The van der Waals surface area contributed by atoms with Crippen molar-refractivity contribution in [2.75, 3.05) is 19.6 Å². The molecule has 9 heteroatoms. The lowest BCUT2D eigenvalue weighted by Crippen LogP contribution is -2.46. The minimum Gasteiger partial charge on any atom is -0.455 e. The zero-order chi connectivity index (χ0) is 17.6. The molecular weight excluding hydrogens is 407 g/mol. The molecule has 1 saturated heterocycles. The summed E-state index contributed by atoms with van der Waals surface area (Å²) in [6.45, 7) is 4.84. The number of thioether (sulfide) groups is 1. The Morgan fingerprint density at radius 2 is 2.11 bits per heavy atom. The lowest BCUT2D eigenvalue weighted by molar-refractivity contribution is 0.0608. The average molecular weight is 435 g/mol. The maximum Gasteiger partial charge on any atom is 0.289 e. The summed E-state index contributed by atoms with van der Waals surface area (Å²) in [5, 5.41) is 4.29. The number of imidazole rings is 1. The number of carbonyl (C=O) groups is 1. The van der Waals surface area contributed by atoms with Crippen LogP contribution in [0.2, 0.25) is 0 Å². The maximum absolute atomic E-state index is 12.9. The number of carbonyl (C=O) groups excluding carboxylic acids is 1. The molecule has 2 aromatic heterocycles. The van der Waals surface area contributed by atoms with Crippen LogP contribution in [-0.4, -0.2) is 46.0 Å². The third-order valence-electron chi connectivity index (χ3n) is 4.47. The Hall–Kier alpha value is -1.15. The largest absolute Gasteiger partial charge is 0.455 e. The Balaban J connectivity index is 0.00000182. The summed E-state index contributed by atoms with van der Waals surface area (Å²) < 4.78 is 7.81. The van der Waals surface area contributed by atoms with E-state index in [4.69, 9.17) is 4.42 Å². The van der Waals surface area contributed by atoms with Crippen LogP contribution in [0.3, 0.4) is 0 Å². The van der Waals surface area contributed by atoms with Crippen LogP contribution in [0.4, 0.5) is 0 Å². The number of hydrogen-bond donors (Lipinski definition) is 1. The van der Waals surface area contributed by atoms with E-state index < -0.39 is 0 Å². The second-order valence-corrected chi connectivity index (χ2v) is 7.30. The van der Waals surface area contributed by atoms with Gasteiger partial charge in [-0.1, -0.05) is 18.7 Å². The summed E-state index contributed by atoms with van der Waals surface area (Å²) in [6.07, 6.45) is 6.67. The SMILES string of the molecule is CCCN(C(=O)c1ccc(CSc2nccn2C)o1)C1CCNCC1.Cl.Cl. The van der Waals surface area contributed by atoms with Gasteiger partial charge in [-0.05, 0) is 44.5 Å². The molecule has 2 aromatic rings. The molecule has 0 spiro atoms. The van der Waals surface area contributed by atoms with Crippen molar-refractivity contribution in [1.29, 1.82) is 0 Å². The Kier molecular flexibility index (Phi) is 10.3. The molecule has 6 nitrogen and oxygen atoms in total. The average Bonchev–Trinajstić information content (AvgIpc) is 3.27. The molecule has 0 atom stereocenters. The van der Waals surface area contributed by atoms with E-state index in [0.717, 1.165) is 49.8 Å². The molecule has 1 aliphatic heterocycles. The minimum absolute atomic E-state index is 0. The first-order valence-electron chi connectivity index (χ1n) is 8.89. The van der Waals surface area contributed by atoms with Gasteiger partial charge in [-0.3, -0.25) is 4.79 Å². The number of rotatable bonds is 7. The summed E-state index contributed by atoms with van der Waals surface area (Å²) in [6, 6.07) is 4.01. The highest BCUT2D eigenvalue weighted by molar-refractivity contribution is 7.98. The fourth-order valence-corrected chi connectivity index (χ4v) is 3.97. The van der Waals surface area contributed by atoms with Crippen LogP contribution >= 0.6 is 36.6 Å². The van der Waals surface area contributed by atoms with E-state index >= 15 is 0 Å². The van der Waals surface area contributed by atoms with Crippen molar-refractivity contribution >= 4 is 42.5 Å².